The summed E-state index contributed by atoms with van der Waals surface area (Å²) in [5.74, 6) is -0.0545. The second kappa shape index (κ2) is 7.26. The van der Waals surface area contributed by atoms with Crippen LogP contribution in [-0.4, -0.2) is 20.8 Å². The summed E-state index contributed by atoms with van der Waals surface area (Å²) >= 11 is 5.86. The van der Waals surface area contributed by atoms with Crippen LogP contribution in [0.15, 0.2) is 60.8 Å². The molecule has 2 aromatic carbocycles. The lowest BCUT2D eigenvalue weighted by Gasteiger charge is -2.19. The number of allylic oxidation sites excluding steroid dienone is 1. The molecule has 0 saturated heterocycles. The van der Waals surface area contributed by atoms with Gasteiger partial charge in [-0.05, 0) is 48.0 Å². The molecule has 0 N–H and O–H groups in total. The van der Waals surface area contributed by atoms with Gasteiger partial charge < -0.3 is 0 Å². The molecule has 0 saturated carbocycles. The topological polar surface area (TPSA) is 47.8 Å². The third-order valence-electron chi connectivity index (χ3n) is 4.01. The molecule has 0 fully saturated rings. The van der Waals surface area contributed by atoms with E-state index in [0.717, 1.165) is 16.9 Å². The number of carbonyl (C=O) groups excluding carboxylic acids is 1. The van der Waals surface area contributed by atoms with Crippen LogP contribution in [0.5, 0.6) is 0 Å². The Kier molecular flexibility index (Phi) is 5.05. The van der Waals surface area contributed by atoms with E-state index in [2.05, 4.69) is 31.1 Å². The van der Waals surface area contributed by atoms with Gasteiger partial charge in [-0.25, -0.2) is 4.68 Å². The van der Waals surface area contributed by atoms with E-state index < -0.39 is 0 Å². The van der Waals surface area contributed by atoms with Crippen LogP contribution in [0.2, 0.25) is 5.02 Å². The van der Waals surface area contributed by atoms with Gasteiger partial charge >= 0.3 is 0 Å². The molecule has 0 atom stereocenters. The number of rotatable bonds is 4. The van der Waals surface area contributed by atoms with Gasteiger partial charge in [-0.3, -0.25) is 4.79 Å². The third kappa shape index (κ3) is 4.09. The largest absolute Gasteiger partial charge is 0.289 e. The maximum Gasteiger partial charge on any atom is 0.185 e. The summed E-state index contributed by atoms with van der Waals surface area (Å²) in [5, 5.41) is 8.86. The fourth-order valence-corrected chi connectivity index (χ4v) is 2.67. The minimum atomic E-state index is -0.0701. The van der Waals surface area contributed by atoms with Crippen molar-refractivity contribution in [3.8, 4) is 5.69 Å². The molecule has 0 spiro atoms. The first-order chi connectivity index (χ1) is 12.3. The summed E-state index contributed by atoms with van der Waals surface area (Å²) in [6.45, 7) is 6.34. The number of benzene rings is 2. The summed E-state index contributed by atoms with van der Waals surface area (Å²) in [6, 6.07) is 14.7. The first-order valence-electron chi connectivity index (χ1n) is 8.34. The Morgan fingerprint density at radius 1 is 1.04 bits per heavy atom. The Bertz CT molecular complexity index is 933. The van der Waals surface area contributed by atoms with Crippen LogP contribution < -0.4 is 0 Å². The molecule has 0 bridgehead atoms. The summed E-state index contributed by atoms with van der Waals surface area (Å²) in [5.41, 5.74) is 3.37. The maximum absolute atomic E-state index is 12.4. The highest BCUT2D eigenvalue weighted by Crippen LogP contribution is 2.23. The lowest BCUT2D eigenvalue weighted by Crippen LogP contribution is -2.17. The van der Waals surface area contributed by atoms with Crippen molar-refractivity contribution in [2.45, 2.75) is 26.2 Å². The van der Waals surface area contributed by atoms with Crippen LogP contribution >= 0.6 is 11.6 Å². The Balaban J connectivity index is 1.78. The monoisotopic (exact) mass is 365 g/mol. The van der Waals surface area contributed by atoms with Gasteiger partial charge in [-0.2, -0.15) is 0 Å². The zero-order valence-corrected chi connectivity index (χ0v) is 15.7. The standard InChI is InChI=1S/C21H20ClN3O/c1-21(2,3)20-14-23-24-25(20)18-11-7-16(8-12-18)19(26)13-6-15-4-9-17(22)10-5-15/h4-14H,1-3H3/b13-6+. The summed E-state index contributed by atoms with van der Waals surface area (Å²) in [7, 11) is 0. The minimum Gasteiger partial charge on any atom is -0.289 e. The van der Waals surface area contributed by atoms with Crippen LogP contribution in [0.4, 0.5) is 0 Å². The summed E-state index contributed by atoms with van der Waals surface area (Å²) in [6.07, 6.45) is 5.11. The summed E-state index contributed by atoms with van der Waals surface area (Å²) in [4.78, 5) is 12.4. The van der Waals surface area contributed by atoms with Gasteiger partial charge in [-0.15, -0.1) is 5.10 Å². The molecular weight excluding hydrogens is 346 g/mol. The van der Waals surface area contributed by atoms with Crippen molar-refractivity contribution in [1.29, 1.82) is 0 Å². The van der Waals surface area contributed by atoms with Gasteiger partial charge in [0.1, 0.15) is 0 Å². The smallest absolute Gasteiger partial charge is 0.185 e. The second-order valence-corrected chi connectivity index (χ2v) is 7.51. The lowest BCUT2D eigenvalue weighted by molar-refractivity contribution is 0.104. The van der Waals surface area contributed by atoms with Gasteiger partial charge in [0.05, 0.1) is 17.6 Å². The van der Waals surface area contributed by atoms with E-state index in [4.69, 9.17) is 11.6 Å². The number of carbonyl (C=O) groups is 1. The van der Waals surface area contributed by atoms with E-state index in [0.29, 0.717) is 10.6 Å². The highest BCUT2D eigenvalue weighted by atomic mass is 35.5. The normalized spacial score (nSPS) is 11.8. The quantitative estimate of drug-likeness (QED) is 0.476. The second-order valence-electron chi connectivity index (χ2n) is 7.08. The van der Waals surface area contributed by atoms with Crippen molar-refractivity contribution in [3.63, 3.8) is 0 Å². The molecule has 5 heteroatoms. The average molecular weight is 366 g/mol. The molecule has 132 valence electrons. The van der Waals surface area contributed by atoms with E-state index >= 15 is 0 Å². The van der Waals surface area contributed by atoms with Crippen LogP contribution in [0.1, 0.15) is 42.4 Å². The van der Waals surface area contributed by atoms with E-state index in [9.17, 15) is 4.79 Å². The van der Waals surface area contributed by atoms with Gasteiger partial charge in [0, 0.05) is 16.0 Å². The van der Waals surface area contributed by atoms with E-state index in [1.54, 1.807) is 47.3 Å². The molecule has 3 rings (SSSR count). The van der Waals surface area contributed by atoms with Gasteiger partial charge in [-0.1, -0.05) is 55.8 Å². The average Bonchev–Trinajstić information content (AvgIpc) is 3.11. The summed E-state index contributed by atoms with van der Waals surface area (Å²) < 4.78 is 1.80. The van der Waals surface area contributed by atoms with Crippen molar-refractivity contribution < 1.29 is 4.79 Å². The Hall–Kier alpha value is -2.72. The van der Waals surface area contributed by atoms with E-state index in [-0.39, 0.29) is 11.2 Å². The number of aromatic nitrogens is 3. The number of ketones is 1. The maximum atomic E-state index is 12.4. The molecule has 0 radical (unpaired) electrons. The molecule has 3 aromatic rings. The highest BCUT2D eigenvalue weighted by molar-refractivity contribution is 6.30. The van der Waals surface area contributed by atoms with Gasteiger partial charge in [0.15, 0.2) is 5.78 Å². The van der Waals surface area contributed by atoms with Crippen molar-refractivity contribution in [2.75, 3.05) is 0 Å². The zero-order chi connectivity index (χ0) is 18.7. The molecular formula is C21H20ClN3O. The van der Waals surface area contributed by atoms with E-state index in [1.165, 1.54) is 0 Å². The SMILES string of the molecule is CC(C)(C)c1cnnn1-c1ccc(C(=O)/C=C/c2ccc(Cl)cc2)cc1. The molecule has 0 unspecified atom stereocenters. The van der Waals surface area contributed by atoms with Crippen LogP contribution in [-0.2, 0) is 5.41 Å². The molecule has 4 nitrogen and oxygen atoms in total. The Labute approximate surface area is 158 Å². The number of halogens is 1. The number of hydrogen-bond donors (Lipinski definition) is 0. The van der Waals surface area contributed by atoms with Crippen molar-refractivity contribution in [3.05, 3.63) is 82.6 Å². The first kappa shape index (κ1) is 18.1. The van der Waals surface area contributed by atoms with Crippen LogP contribution in [0, 0.1) is 0 Å². The lowest BCUT2D eigenvalue weighted by atomic mass is 9.92. The minimum absolute atomic E-state index is 0.0545. The molecule has 0 aliphatic carbocycles. The molecule has 0 amide bonds. The fraction of sp³-hybridized carbons (Fsp3) is 0.190. The number of nitrogens with zero attached hydrogens (tertiary/aromatic N) is 3. The third-order valence-corrected chi connectivity index (χ3v) is 4.26. The predicted octanol–water partition coefficient (Wildman–Crippen LogP) is 5.11. The molecule has 1 aromatic heterocycles. The van der Waals surface area contributed by atoms with Crippen LogP contribution in [0.3, 0.4) is 0 Å². The van der Waals surface area contributed by atoms with Gasteiger partial charge in [0.2, 0.25) is 0 Å². The van der Waals surface area contributed by atoms with E-state index in [1.807, 2.05) is 24.3 Å². The highest BCUT2D eigenvalue weighted by Gasteiger charge is 2.20. The van der Waals surface area contributed by atoms with Gasteiger partial charge in [0.25, 0.3) is 0 Å². The zero-order valence-electron chi connectivity index (χ0n) is 15.0. The van der Waals surface area contributed by atoms with Crippen LogP contribution in [0.25, 0.3) is 11.8 Å². The fourth-order valence-electron chi connectivity index (χ4n) is 2.55. The Morgan fingerprint density at radius 3 is 2.31 bits per heavy atom. The van der Waals surface area contributed by atoms with Crippen molar-refractivity contribution in [1.82, 2.24) is 15.0 Å². The van der Waals surface area contributed by atoms with Crippen molar-refractivity contribution >= 4 is 23.5 Å². The molecule has 1 heterocycles. The Morgan fingerprint density at radius 2 is 1.69 bits per heavy atom. The molecule has 0 aliphatic rings. The molecule has 26 heavy (non-hydrogen) atoms. The van der Waals surface area contributed by atoms with Crippen molar-refractivity contribution in [2.24, 2.45) is 0 Å². The number of hydrogen-bond acceptors (Lipinski definition) is 3. The first-order valence-corrected chi connectivity index (χ1v) is 8.72. The predicted molar refractivity (Wildman–Crippen MR) is 105 cm³/mol. The molecule has 0 aliphatic heterocycles.